The zero-order chi connectivity index (χ0) is 39.2. The molecule has 14 nitrogen and oxygen atoms in total. The number of alkyl carbamates (subject to hydrolysis) is 1. The number of nitrogens with zero attached hydrogens (tertiary/aromatic N) is 2. The Morgan fingerprint density at radius 2 is 1.64 bits per heavy atom. The molecule has 0 aromatic heterocycles. The van der Waals surface area contributed by atoms with E-state index in [2.05, 4.69) is 27.8 Å². The van der Waals surface area contributed by atoms with Crippen molar-refractivity contribution in [1.29, 1.82) is 0 Å². The molecule has 1 saturated heterocycles. The summed E-state index contributed by atoms with van der Waals surface area (Å²) in [5.74, 6) is -4.33. The number of piperidine rings is 1. The van der Waals surface area contributed by atoms with Crippen LogP contribution in [0, 0.1) is 23.2 Å². The van der Waals surface area contributed by atoms with Gasteiger partial charge in [0.25, 0.3) is 5.91 Å². The number of hydrogen-bond donors (Lipinski definition) is 4. The summed E-state index contributed by atoms with van der Waals surface area (Å²) in [7, 11) is 3.12. The highest BCUT2D eigenvalue weighted by atomic mass is 16.6. The third kappa shape index (κ3) is 10.0. The highest BCUT2D eigenvalue weighted by Gasteiger charge is 2.69. The van der Waals surface area contributed by atoms with Crippen LogP contribution in [0.5, 0.6) is 0 Å². The van der Waals surface area contributed by atoms with E-state index >= 15 is 0 Å². The van der Waals surface area contributed by atoms with Gasteiger partial charge in [0, 0.05) is 20.6 Å². The fourth-order valence-corrected chi connectivity index (χ4v) is 7.72. The highest BCUT2D eigenvalue weighted by Crippen LogP contribution is 2.65. The highest BCUT2D eigenvalue weighted by molar-refractivity contribution is 6.38. The van der Waals surface area contributed by atoms with Gasteiger partial charge in [-0.1, -0.05) is 63.1 Å². The summed E-state index contributed by atoms with van der Waals surface area (Å²) < 4.78 is 5.48. The molecule has 1 heterocycles. The van der Waals surface area contributed by atoms with E-state index in [4.69, 9.17) is 4.74 Å². The molecule has 1 aromatic carbocycles. The van der Waals surface area contributed by atoms with Crippen LogP contribution in [0.3, 0.4) is 0 Å². The number of nitrogens with one attached hydrogen (secondary N) is 4. The number of Topliss-reactive ketones (excluding diaryl/α,β-unsaturated/α-hetero) is 1. The molecule has 3 aliphatic rings. The standard InChI is InChI=1S/C39H56N6O8/c1-9-10-20-26(32(47)34(49)40-21-27(46)42-29(35(50)44(7)8)23-16-12-11-13-17-23)41-33(48)31-28-25(39(28,5)6)22-45(31)36(51)30(24-18-14-15-19-24)43-37(52)53-38(2,3)4/h9,11-13,16-17,24-26,28-31H,1,10,14-15,18-22H2,2-8H3,(H,40,49)(H,41,48)(H,42,46)(H,43,52)/t25?,26?,28?,29-,30-,31-/m0/s1. The topological polar surface area (TPSA) is 183 Å². The minimum absolute atomic E-state index is 0.0381. The average Bonchev–Trinajstić information content (AvgIpc) is 3.54. The molecule has 14 heteroatoms. The Balaban J connectivity index is 1.46. The van der Waals surface area contributed by atoms with Gasteiger partial charge in [-0.05, 0) is 75.2 Å². The summed E-state index contributed by atoms with van der Waals surface area (Å²) in [6.07, 6.45) is 4.55. The average molecular weight is 737 g/mol. The predicted molar refractivity (Wildman–Crippen MR) is 197 cm³/mol. The fraction of sp³-hybridized carbons (Fsp3) is 0.615. The maximum atomic E-state index is 14.3. The second-order valence-electron chi connectivity index (χ2n) is 16.2. The van der Waals surface area contributed by atoms with E-state index in [1.165, 1.54) is 9.80 Å². The van der Waals surface area contributed by atoms with Crippen molar-refractivity contribution in [1.82, 2.24) is 31.1 Å². The first-order valence-corrected chi connectivity index (χ1v) is 18.5. The van der Waals surface area contributed by atoms with Crippen LogP contribution in [-0.4, -0.2) is 102 Å². The Labute approximate surface area is 312 Å². The van der Waals surface area contributed by atoms with Crippen molar-refractivity contribution in [3.63, 3.8) is 0 Å². The molecule has 0 radical (unpaired) electrons. The number of fused-ring (bicyclic) bond motifs is 1. The van der Waals surface area contributed by atoms with Crippen molar-refractivity contribution >= 4 is 41.4 Å². The number of carbonyl (C=O) groups is 7. The van der Waals surface area contributed by atoms with Gasteiger partial charge in [-0.2, -0.15) is 0 Å². The van der Waals surface area contributed by atoms with Crippen molar-refractivity contribution in [2.24, 2.45) is 23.2 Å². The van der Waals surface area contributed by atoms with E-state index in [0.717, 1.165) is 25.7 Å². The van der Waals surface area contributed by atoms with Gasteiger partial charge >= 0.3 is 6.09 Å². The van der Waals surface area contributed by atoms with Crippen molar-refractivity contribution in [2.45, 2.75) is 103 Å². The van der Waals surface area contributed by atoms with Crippen LogP contribution in [0.2, 0.25) is 0 Å². The molecule has 1 aromatic rings. The number of likely N-dealkylation sites (tertiary alicyclic amines) is 1. The monoisotopic (exact) mass is 736 g/mol. The molecule has 2 aliphatic carbocycles. The maximum Gasteiger partial charge on any atom is 0.408 e. The minimum Gasteiger partial charge on any atom is -0.444 e. The fourth-order valence-electron chi connectivity index (χ4n) is 7.72. The number of allylic oxidation sites excluding steroid dienone is 1. The molecule has 6 amide bonds. The molecular formula is C39H56N6O8. The molecule has 53 heavy (non-hydrogen) atoms. The number of likely N-dealkylation sites (N-methyl/N-ethyl adjacent to an activating group) is 1. The van der Waals surface area contributed by atoms with Gasteiger partial charge in [0.15, 0.2) is 0 Å². The molecule has 3 fully saturated rings. The van der Waals surface area contributed by atoms with Crippen LogP contribution < -0.4 is 21.3 Å². The second kappa shape index (κ2) is 16.9. The summed E-state index contributed by atoms with van der Waals surface area (Å²) in [5, 5.41) is 10.5. The largest absolute Gasteiger partial charge is 0.444 e. The molecule has 0 spiro atoms. The lowest BCUT2D eigenvalue weighted by molar-refractivity contribution is -0.145. The Kier molecular flexibility index (Phi) is 13.1. The first-order chi connectivity index (χ1) is 24.9. The SMILES string of the molecule is C=CCCC(NC(=O)[C@@H]1C2C(CN1C(=O)[C@@H](NC(=O)OC(C)(C)C)C1CCCC1)C2(C)C)C(=O)C(=O)NCC(=O)N[C@H](C(=O)N(C)C)c1ccccc1. The number of ether oxygens (including phenoxy) is 1. The molecular weight excluding hydrogens is 680 g/mol. The van der Waals surface area contributed by atoms with Gasteiger partial charge in [0.1, 0.15) is 23.7 Å². The van der Waals surface area contributed by atoms with Gasteiger partial charge in [-0.25, -0.2) is 4.79 Å². The number of ketones is 1. The normalized spacial score (nSPS) is 21.9. The van der Waals surface area contributed by atoms with Crippen molar-refractivity contribution in [2.75, 3.05) is 27.2 Å². The van der Waals surface area contributed by atoms with E-state index < -0.39 is 65.9 Å². The molecule has 0 bridgehead atoms. The maximum absolute atomic E-state index is 14.3. The summed E-state index contributed by atoms with van der Waals surface area (Å²) in [6.45, 7) is 12.7. The molecule has 290 valence electrons. The molecule has 2 saturated carbocycles. The van der Waals surface area contributed by atoms with Crippen molar-refractivity contribution in [3.8, 4) is 0 Å². The lowest BCUT2D eigenvalue weighted by atomic mass is 9.94. The first-order valence-electron chi connectivity index (χ1n) is 18.5. The molecule has 3 unspecified atom stereocenters. The Morgan fingerprint density at radius 3 is 2.23 bits per heavy atom. The third-order valence-electron chi connectivity index (χ3n) is 10.6. The van der Waals surface area contributed by atoms with E-state index in [-0.39, 0.29) is 41.4 Å². The van der Waals surface area contributed by atoms with Crippen molar-refractivity contribution < 1.29 is 38.3 Å². The van der Waals surface area contributed by atoms with Crippen LogP contribution >= 0.6 is 0 Å². The number of benzene rings is 1. The summed E-state index contributed by atoms with van der Waals surface area (Å²) in [5.41, 5.74) is -0.463. The lowest BCUT2D eigenvalue weighted by Gasteiger charge is -2.35. The van der Waals surface area contributed by atoms with Crippen LogP contribution in [0.15, 0.2) is 43.0 Å². The summed E-state index contributed by atoms with van der Waals surface area (Å²) >= 11 is 0. The zero-order valence-corrected chi connectivity index (χ0v) is 32.0. The van der Waals surface area contributed by atoms with Crippen LogP contribution in [0.25, 0.3) is 0 Å². The summed E-state index contributed by atoms with van der Waals surface area (Å²) in [4.78, 5) is 96.6. The van der Waals surface area contributed by atoms with E-state index in [9.17, 15) is 33.6 Å². The molecule has 4 rings (SSSR count). The molecule has 6 atom stereocenters. The Bertz CT molecular complexity index is 1560. The van der Waals surface area contributed by atoms with Crippen LogP contribution in [-0.2, 0) is 33.5 Å². The number of rotatable bonds is 15. The smallest absolute Gasteiger partial charge is 0.408 e. The quantitative estimate of drug-likeness (QED) is 0.157. The van der Waals surface area contributed by atoms with Crippen LogP contribution in [0.4, 0.5) is 4.79 Å². The minimum atomic E-state index is -1.26. The van der Waals surface area contributed by atoms with Gasteiger partial charge in [0.05, 0.1) is 12.6 Å². The van der Waals surface area contributed by atoms with Gasteiger partial charge in [-0.15, -0.1) is 6.58 Å². The van der Waals surface area contributed by atoms with E-state index in [0.29, 0.717) is 18.5 Å². The number of hydrogen-bond acceptors (Lipinski definition) is 8. The summed E-state index contributed by atoms with van der Waals surface area (Å²) in [6, 6.07) is 4.54. The van der Waals surface area contributed by atoms with E-state index in [1.807, 2.05) is 13.8 Å². The van der Waals surface area contributed by atoms with Crippen LogP contribution in [0.1, 0.15) is 84.7 Å². The Morgan fingerprint density at radius 1 is 1.00 bits per heavy atom. The lowest BCUT2D eigenvalue weighted by Crippen LogP contribution is -2.59. The second-order valence-corrected chi connectivity index (χ2v) is 16.2. The van der Waals surface area contributed by atoms with Gasteiger partial charge in [-0.3, -0.25) is 28.8 Å². The molecule has 1 aliphatic heterocycles. The van der Waals surface area contributed by atoms with Gasteiger partial charge in [0.2, 0.25) is 29.4 Å². The van der Waals surface area contributed by atoms with Gasteiger partial charge < -0.3 is 35.8 Å². The number of carbonyl (C=O) groups excluding carboxylic acids is 7. The third-order valence-corrected chi connectivity index (χ3v) is 10.6. The van der Waals surface area contributed by atoms with E-state index in [1.54, 1.807) is 71.3 Å². The molecule has 4 N–H and O–H groups in total. The Hall–Kier alpha value is -4.75. The number of amides is 6. The predicted octanol–water partition coefficient (Wildman–Crippen LogP) is 2.63. The van der Waals surface area contributed by atoms with Crippen molar-refractivity contribution in [3.05, 3.63) is 48.6 Å². The zero-order valence-electron chi connectivity index (χ0n) is 32.0. The first kappa shape index (κ1) is 41.0.